The zero-order valence-corrected chi connectivity index (χ0v) is 15.6. The van der Waals surface area contributed by atoms with Gasteiger partial charge in [0.1, 0.15) is 11.3 Å². The largest absolute Gasteiger partial charge is 0.358 e. The molecule has 2 aromatic heterocycles. The maximum atomic E-state index is 11.3. The number of aromatic nitrogens is 3. The topological polar surface area (TPSA) is 83.9 Å². The Morgan fingerprint density at radius 1 is 1.00 bits per heavy atom. The summed E-state index contributed by atoms with van der Waals surface area (Å²) in [6, 6.07) is 19.5. The van der Waals surface area contributed by atoms with Crippen LogP contribution >= 0.6 is 0 Å². The van der Waals surface area contributed by atoms with Crippen LogP contribution in [0.2, 0.25) is 0 Å². The van der Waals surface area contributed by atoms with Crippen LogP contribution in [0.5, 0.6) is 0 Å². The molecule has 1 amide bonds. The van der Waals surface area contributed by atoms with Gasteiger partial charge in [0, 0.05) is 37.1 Å². The highest BCUT2D eigenvalue weighted by Crippen LogP contribution is 2.27. The van der Waals surface area contributed by atoms with Gasteiger partial charge in [-0.05, 0) is 30.3 Å². The third-order valence-corrected chi connectivity index (χ3v) is 4.23. The van der Waals surface area contributed by atoms with Crippen LogP contribution in [0.3, 0.4) is 0 Å². The SMILES string of the molecule is CNc1nc2cnc(Nc3cccc(NC(C)=O)c3)cc2n1-c1ccccc1. The number of carbonyl (C=O) groups excluding carboxylic acids is 1. The quantitative estimate of drug-likeness (QED) is 0.490. The molecular formula is C21H20N6O. The van der Waals surface area contributed by atoms with Gasteiger partial charge < -0.3 is 16.0 Å². The van der Waals surface area contributed by atoms with E-state index >= 15 is 0 Å². The molecule has 0 aliphatic carbocycles. The molecule has 4 aromatic rings. The van der Waals surface area contributed by atoms with Crippen molar-refractivity contribution in [2.75, 3.05) is 23.0 Å². The fraction of sp³-hybridized carbons (Fsp3) is 0.0952. The predicted molar refractivity (Wildman–Crippen MR) is 112 cm³/mol. The zero-order chi connectivity index (χ0) is 19.5. The third-order valence-electron chi connectivity index (χ3n) is 4.23. The number of fused-ring (bicyclic) bond motifs is 1. The Bertz CT molecular complexity index is 1140. The number of para-hydroxylation sites is 1. The number of benzene rings is 2. The first-order chi connectivity index (χ1) is 13.6. The maximum Gasteiger partial charge on any atom is 0.221 e. The van der Waals surface area contributed by atoms with E-state index in [1.807, 2.05) is 67.7 Å². The number of anilines is 4. The van der Waals surface area contributed by atoms with E-state index in [0.29, 0.717) is 5.82 Å². The zero-order valence-electron chi connectivity index (χ0n) is 15.6. The second-order valence-electron chi connectivity index (χ2n) is 6.30. The van der Waals surface area contributed by atoms with Gasteiger partial charge in [0.15, 0.2) is 0 Å². The van der Waals surface area contributed by atoms with Gasteiger partial charge in [-0.2, -0.15) is 0 Å². The van der Waals surface area contributed by atoms with Crippen molar-refractivity contribution in [2.24, 2.45) is 0 Å². The Morgan fingerprint density at radius 3 is 2.54 bits per heavy atom. The number of hydrogen-bond acceptors (Lipinski definition) is 5. The van der Waals surface area contributed by atoms with Crippen LogP contribution in [0.15, 0.2) is 66.9 Å². The van der Waals surface area contributed by atoms with Crippen LogP contribution in [0, 0.1) is 0 Å². The van der Waals surface area contributed by atoms with Crippen LogP contribution in [-0.4, -0.2) is 27.5 Å². The van der Waals surface area contributed by atoms with E-state index in [-0.39, 0.29) is 5.91 Å². The average molecular weight is 372 g/mol. The molecule has 0 radical (unpaired) electrons. The highest BCUT2D eigenvalue weighted by molar-refractivity contribution is 5.89. The summed E-state index contributed by atoms with van der Waals surface area (Å²) in [5, 5.41) is 9.21. The lowest BCUT2D eigenvalue weighted by atomic mass is 10.2. The number of nitrogens with one attached hydrogen (secondary N) is 3. The van der Waals surface area contributed by atoms with Gasteiger partial charge in [-0.15, -0.1) is 0 Å². The van der Waals surface area contributed by atoms with Gasteiger partial charge in [-0.25, -0.2) is 9.97 Å². The molecule has 0 fully saturated rings. The molecule has 7 heteroatoms. The Hall–Kier alpha value is -3.87. The lowest BCUT2D eigenvalue weighted by molar-refractivity contribution is -0.114. The normalized spacial score (nSPS) is 10.6. The van der Waals surface area contributed by atoms with E-state index in [4.69, 9.17) is 0 Å². The predicted octanol–water partition coefficient (Wildman–Crippen LogP) is 4.16. The second-order valence-corrected chi connectivity index (χ2v) is 6.30. The van der Waals surface area contributed by atoms with E-state index in [9.17, 15) is 4.79 Å². The van der Waals surface area contributed by atoms with E-state index in [2.05, 4.69) is 30.5 Å². The molecule has 140 valence electrons. The second kappa shape index (κ2) is 7.40. The van der Waals surface area contributed by atoms with Gasteiger partial charge in [0.25, 0.3) is 0 Å². The first kappa shape index (κ1) is 17.5. The number of hydrogen-bond donors (Lipinski definition) is 3. The number of pyridine rings is 1. The molecule has 3 N–H and O–H groups in total. The van der Waals surface area contributed by atoms with Crippen molar-refractivity contribution in [1.29, 1.82) is 0 Å². The fourth-order valence-corrected chi connectivity index (χ4v) is 3.08. The number of rotatable bonds is 5. The van der Waals surface area contributed by atoms with Crippen LogP contribution in [0.4, 0.5) is 23.1 Å². The molecule has 4 rings (SSSR count). The molecule has 0 saturated carbocycles. The molecule has 0 saturated heterocycles. The lowest BCUT2D eigenvalue weighted by Crippen LogP contribution is -2.05. The van der Waals surface area contributed by atoms with Gasteiger partial charge in [0.2, 0.25) is 11.9 Å². The Labute approximate surface area is 162 Å². The molecule has 7 nitrogen and oxygen atoms in total. The molecule has 0 aliphatic heterocycles. The van der Waals surface area contributed by atoms with Crippen LogP contribution in [-0.2, 0) is 4.79 Å². The summed E-state index contributed by atoms with van der Waals surface area (Å²) in [4.78, 5) is 20.4. The smallest absolute Gasteiger partial charge is 0.221 e. The molecule has 0 spiro atoms. The number of carbonyl (C=O) groups is 1. The van der Waals surface area contributed by atoms with Crippen molar-refractivity contribution >= 4 is 40.1 Å². The van der Waals surface area contributed by atoms with Crippen molar-refractivity contribution in [3.05, 3.63) is 66.9 Å². The standard InChI is InChI=1S/C21H20N6O/c1-14(28)24-15-7-6-8-16(11-15)25-20-12-19-18(13-23-20)26-21(22-2)27(19)17-9-4-3-5-10-17/h3-13H,1-2H3,(H,22,26)(H,23,25)(H,24,28). The number of nitrogens with zero attached hydrogens (tertiary/aromatic N) is 3. The first-order valence-corrected chi connectivity index (χ1v) is 8.90. The van der Waals surface area contributed by atoms with Crippen LogP contribution < -0.4 is 16.0 Å². The molecule has 0 atom stereocenters. The van der Waals surface area contributed by atoms with E-state index in [1.54, 1.807) is 6.20 Å². The molecule has 0 aliphatic rings. The number of amides is 1. The summed E-state index contributed by atoms with van der Waals surface area (Å²) in [5.74, 6) is 1.32. The molecular weight excluding hydrogens is 352 g/mol. The van der Waals surface area contributed by atoms with Gasteiger partial charge in [0.05, 0.1) is 11.7 Å². The average Bonchev–Trinajstić information content (AvgIpc) is 3.06. The third kappa shape index (κ3) is 3.50. The summed E-state index contributed by atoms with van der Waals surface area (Å²) in [7, 11) is 1.85. The summed E-state index contributed by atoms with van der Waals surface area (Å²) in [6.07, 6.45) is 1.75. The fourth-order valence-electron chi connectivity index (χ4n) is 3.08. The summed E-state index contributed by atoms with van der Waals surface area (Å²) < 4.78 is 2.05. The molecule has 28 heavy (non-hydrogen) atoms. The number of imidazole rings is 1. The van der Waals surface area contributed by atoms with Crippen molar-refractivity contribution in [3.8, 4) is 5.69 Å². The summed E-state index contributed by atoms with van der Waals surface area (Å²) in [6.45, 7) is 1.49. The maximum absolute atomic E-state index is 11.3. The lowest BCUT2D eigenvalue weighted by Gasteiger charge is -2.10. The minimum absolute atomic E-state index is 0.108. The van der Waals surface area contributed by atoms with Crippen LogP contribution in [0.25, 0.3) is 16.7 Å². The molecule has 2 aromatic carbocycles. The monoisotopic (exact) mass is 372 g/mol. The van der Waals surface area contributed by atoms with Crippen molar-refractivity contribution in [2.45, 2.75) is 6.92 Å². The first-order valence-electron chi connectivity index (χ1n) is 8.90. The minimum Gasteiger partial charge on any atom is -0.358 e. The highest BCUT2D eigenvalue weighted by Gasteiger charge is 2.12. The van der Waals surface area contributed by atoms with Gasteiger partial charge >= 0.3 is 0 Å². The Morgan fingerprint density at radius 2 is 1.79 bits per heavy atom. The highest BCUT2D eigenvalue weighted by atomic mass is 16.1. The van der Waals surface area contributed by atoms with Crippen LogP contribution in [0.1, 0.15) is 6.92 Å². The van der Waals surface area contributed by atoms with Gasteiger partial charge in [-0.3, -0.25) is 9.36 Å². The van der Waals surface area contributed by atoms with E-state index in [0.717, 1.165) is 34.0 Å². The van der Waals surface area contributed by atoms with E-state index in [1.165, 1.54) is 6.92 Å². The molecule has 2 heterocycles. The van der Waals surface area contributed by atoms with Crippen molar-refractivity contribution in [1.82, 2.24) is 14.5 Å². The molecule has 0 unspecified atom stereocenters. The Balaban J connectivity index is 1.73. The van der Waals surface area contributed by atoms with Crippen molar-refractivity contribution < 1.29 is 4.79 Å². The van der Waals surface area contributed by atoms with E-state index < -0.39 is 0 Å². The van der Waals surface area contributed by atoms with Crippen molar-refractivity contribution in [3.63, 3.8) is 0 Å². The summed E-state index contributed by atoms with van der Waals surface area (Å²) in [5.41, 5.74) is 4.30. The Kier molecular flexibility index (Phi) is 4.63. The molecule has 0 bridgehead atoms. The van der Waals surface area contributed by atoms with Gasteiger partial charge in [-0.1, -0.05) is 24.3 Å². The summed E-state index contributed by atoms with van der Waals surface area (Å²) >= 11 is 0. The minimum atomic E-state index is -0.108.